The van der Waals surface area contributed by atoms with Gasteiger partial charge in [-0.05, 0) is 31.6 Å². The summed E-state index contributed by atoms with van der Waals surface area (Å²) < 4.78 is 24.3. The first-order chi connectivity index (χ1) is 7.94. The van der Waals surface area contributed by atoms with E-state index >= 15 is 0 Å². The van der Waals surface area contributed by atoms with Gasteiger partial charge in [-0.15, -0.1) is 0 Å². The first kappa shape index (κ1) is 13.3. The highest BCUT2D eigenvalue weighted by molar-refractivity contribution is 7.92. The molecule has 2 atom stereocenters. The highest BCUT2D eigenvalue weighted by Crippen LogP contribution is 2.45. The van der Waals surface area contributed by atoms with E-state index in [0.717, 1.165) is 32.1 Å². The SMILES string of the molecule is CCC(CC)C1(O)CC2CCCC(C1)S2(=O)=O. The molecule has 0 aromatic rings. The van der Waals surface area contributed by atoms with E-state index in [2.05, 4.69) is 13.8 Å². The molecular formula is C13H24O3S. The standard InChI is InChI=1S/C13H24O3S/c1-3-10(4-2)13(14)8-11-6-5-7-12(9-13)17(11,15)16/h10-12,14H,3-9H2,1-2H3. The second-order valence-electron chi connectivity index (χ2n) is 5.79. The Morgan fingerprint density at radius 2 is 1.65 bits per heavy atom. The van der Waals surface area contributed by atoms with Crippen molar-refractivity contribution in [2.75, 3.05) is 0 Å². The summed E-state index contributed by atoms with van der Waals surface area (Å²) in [5.41, 5.74) is -0.732. The minimum absolute atomic E-state index is 0.251. The molecule has 2 rings (SSSR count). The van der Waals surface area contributed by atoms with Gasteiger partial charge in [-0.2, -0.15) is 0 Å². The highest BCUT2D eigenvalue weighted by Gasteiger charge is 2.52. The monoisotopic (exact) mass is 260 g/mol. The largest absolute Gasteiger partial charge is 0.390 e. The fourth-order valence-corrected chi connectivity index (χ4v) is 6.44. The van der Waals surface area contributed by atoms with Gasteiger partial charge in [-0.1, -0.05) is 33.1 Å². The van der Waals surface area contributed by atoms with Crippen molar-refractivity contribution in [3.05, 3.63) is 0 Å². The van der Waals surface area contributed by atoms with Crippen molar-refractivity contribution >= 4 is 9.84 Å². The molecule has 2 bridgehead atoms. The van der Waals surface area contributed by atoms with Gasteiger partial charge in [0.05, 0.1) is 16.1 Å². The molecule has 3 nitrogen and oxygen atoms in total. The Kier molecular flexibility index (Phi) is 3.56. The van der Waals surface area contributed by atoms with Crippen molar-refractivity contribution in [2.45, 2.75) is 74.9 Å². The zero-order valence-corrected chi connectivity index (χ0v) is 11.7. The summed E-state index contributed by atoms with van der Waals surface area (Å²) in [6.07, 6.45) is 5.32. The lowest BCUT2D eigenvalue weighted by atomic mass is 9.74. The van der Waals surface area contributed by atoms with Crippen LogP contribution in [0.15, 0.2) is 0 Å². The maximum absolute atomic E-state index is 12.2. The number of fused-ring (bicyclic) bond motifs is 2. The van der Waals surface area contributed by atoms with Crippen LogP contribution in [0.5, 0.6) is 0 Å². The number of hydrogen-bond acceptors (Lipinski definition) is 3. The summed E-state index contributed by atoms with van der Waals surface area (Å²) in [7, 11) is -2.95. The molecule has 0 amide bonds. The Morgan fingerprint density at radius 3 is 2.06 bits per heavy atom. The third-order valence-electron chi connectivity index (χ3n) is 4.89. The molecule has 0 aliphatic carbocycles. The van der Waals surface area contributed by atoms with Crippen LogP contribution in [0.4, 0.5) is 0 Å². The molecule has 100 valence electrons. The molecular weight excluding hydrogens is 236 g/mol. The molecule has 2 heterocycles. The second kappa shape index (κ2) is 4.54. The van der Waals surface area contributed by atoms with Crippen molar-refractivity contribution in [3.63, 3.8) is 0 Å². The number of aliphatic hydroxyl groups is 1. The highest BCUT2D eigenvalue weighted by atomic mass is 32.2. The van der Waals surface area contributed by atoms with Gasteiger partial charge in [0.25, 0.3) is 0 Å². The van der Waals surface area contributed by atoms with E-state index in [1.165, 1.54) is 0 Å². The Labute approximate surface area is 105 Å². The first-order valence-electron chi connectivity index (χ1n) is 6.89. The molecule has 4 heteroatoms. The Hall–Kier alpha value is -0.0900. The van der Waals surface area contributed by atoms with Gasteiger partial charge in [-0.25, -0.2) is 8.42 Å². The molecule has 1 N–H and O–H groups in total. The zero-order valence-electron chi connectivity index (χ0n) is 10.9. The van der Waals surface area contributed by atoms with Gasteiger partial charge < -0.3 is 5.11 Å². The molecule has 17 heavy (non-hydrogen) atoms. The molecule has 0 spiro atoms. The van der Waals surface area contributed by atoms with Crippen molar-refractivity contribution < 1.29 is 13.5 Å². The van der Waals surface area contributed by atoms with Gasteiger partial charge in [0.2, 0.25) is 0 Å². The third kappa shape index (κ3) is 2.14. The van der Waals surface area contributed by atoms with Crippen LogP contribution < -0.4 is 0 Å². The topological polar surface area (TPSA) is 54.4 Å². The van der Waals surface area contributed by atoms with E-state index < -0.39 is 15.4 Å². The Balaban J connectivity index is 2.26. The fourth-order valence-electron chi connectivity index (χ4n) is 3.86. The molecule has 2 unspecified atom stereocenters. The van der Waals surface area contributed by atoms with Crippen molar-refractivity contribution in [1.29, 1.82) is 0 Å². The summed E-state index contributed by atoms with van der Waals surface area (Å²) in [4.78, 5) is 0. The molecule has 0 radical (unpaired) electrons. The van der Waals surface area contributed by atoms with Gasteiger partial charge in [0.1, 0.15) is 0 Å². The minimum atomic E-state index is -2.95. The van der Waals surface area contributed by atoms with Gasteiger partial charge in [-0.3, -0.25) is 0 Å². The molecule has 2 aliphatic heterocycles. The van der Waals surface area contributed by atoms with Crippen LogP contribution in [0.25, 0.3) is 0 Å². The van der Waals surface area contributed by atoms with Crippen LogP contribution in [0.1, 0.15) is 58.8 Å². The molecule has 2 aliphatic rings. The summed E-state index contributed by atoms with van der Waals surface area (Å²) in [6.45, 7) is 4.18. The summed E-state index contributed by atoms with van der Waals surface area (Å²) in [5, 5.41) is 10.3. The average Bonchev–Trinajstić information content (AvgIpc) is 2.22. The van der Waals surface area contributed by atoms with Crippen LogP contribution in [0, 0.1) is 5.92 Å². The minimum Gasteiger partial charge on any atom is -0.390 e. The van der Waals surface area contributed by atoms with Gasteiger partial charge in [0, 0.05) is 0 Å². The fraction of sp³-hybridized carbons (Fsp3) is 1.00. The predicted molar refractivity (Wildman–Crippen MR) is 68.6 cm³/mol. The Morgan fingerprint density at radius 1 is 1.18 bits per heavy atom. The maximum Gasteiger partial charge on any atom is 0.156 e. The van der Waals surface area contributed by atoms with Crippen LogP contribution in [-0.2, 0) is 9.84 Å². The lowest BCUT2D eigenvalue weighted by molar-refractivity contribution is -0.0468. The number of rotatable bonds is 3. The maximum atomic E-state index is 12.2. The van der Waals surface area contributed by atoms with E-state index in [4.69, 9.17) is 0 Å². The quantitative estimate of drug-likeness (QED) is 0.847. The van der Waals surface area contributed by atoms with Gasteiger partial charge >= 0.3 is 0 Å². The summed E-state index contributed by atoms with van der Waals surface area (Å²) in [5.74, 6) is 0.251. The lowest BCUT2D eigenvalue weighted by Gasteiger charge is -2.47. The van der Waals surface area contributed by atoms with Crippen LogP contribution >= 0.6 is 0 Å². The average molecular weight is 260 g/mol. The van der Waals surface area contributed by atoms with Crippen molar-refractivity contribution in [2.24, 2.45) is 5.92 Å². The lowest BCUT2D eigenvalue weighted by Crippen LogP contribution is -2.54. The van der Waals surface area contributed by atoms with E-state index in [1.807, 2.05) is 0 Å². The molecule has 0 aromatic heterocycles. The third-order valence-corrected chi connectivity index (χ3v) is 7.55. The van der Waals surface area contributed by atoms with Gasteiger partial charge in [0.15, 0.2) is 9.84 Å². The summed E-state index contributed by atoms with van der Waals surface area (Å²) >= 11 is 0. The number of sulfone groups is 1. The normalized spacial score (nSPS) is 40.5. The second-order valence-corrected chi connectivity index (χ2v) is 8.30. The van der Waals surface area contributed by atoms with E-state index in [1.54, 1.807) is 0 Å². The van der Waals surface area contributed by atoms with Crippen LogP contribution in [0.2, 0.25) is 0 Å². The van der Waals surface area contributed by atoms with E-state index in [0.29, 0.717) is 12.8 Å². The number of hydrogen-bond donors (Lipinski definition) is 1. The first-order valence-corrected chi connectivity index (χ1v) is 8.50. The molecule has 2 saturated heterocycles. The van der Waals surface area contributed by atoms with Crippen LogP contribution in [-0.4, -0.2) is 29.6 Å². The van der Waals surface area contributed by atoms with Crippen molar-refractivity contribution in [3.8, 4) is 0 Å². The van der Waals surface area contributed by atoms with E-state index in [9.17, 15) is 13.5 Å². The molecule has 0 aromatic carbocycles. The van der Waals surface area contributed by atoms with Crippen molar-refractivity contribution in [1.82, 2.24) is 0 Å². The Bertz CT molecular complexity index is 350. The zero-order chi connectivity index (χ0) is 12.7. The molecule has 0 saturated carbocycles. The summed E-state index contributed by atoms with van der Waals surface area (Å²) in [6, 6.07) is 0. The predicted octanol–water partition coefficient (Wildman–Crippen LogP) is 2.28. The van der Waals surface area contributed by atoms with E-state index in [-0.39, 0.29) is 16.4 Å². The van der Waals surface area contributed by atoms with Crippen LogP contribution in [0.3, 0.4) is 0 Å². The smallest absolute Gasteiger partial charge is 0.156 e. The molecule has 2 fully saturated rings.